The third-order valence-electron chi connectivity index (χ3n) is 8.27. The SMILES string of the molecule is c1ccc(-c2cc(-c3ccccc3)nc(-c3ccc(-n4c5cc6sc7ccccc7c6cc5c5ncccc54)cc3)n2)cc1. The van der Waals surface area contributed by atoms with E-state index in [1.54, 1.807) is 0 Å². The number of pyridine rings is 1. The van der Waals surface area contributed by atoms with Gasteiger partial charge >= 0.3 is 0 Å². The van der Waals surface area contributed by atoms with Gasteiger partial charge in [0.25, 0.3) is 0 Å². The van der Waals surface area contributed by atoms with Gasteiger partial charge in [0, 0.05) is 54.1 Å². The number of aromatic nitrogens is 4. The molecule has 0 atom stereocenters. The smallest absolute Gasteiger partial charge is 0.160 e. The van der Waals surface area contributed by atoms with E-state index in [4.69, 9.17) is 15.0 Å². The number of nitrogens with zero attached hydrogens (tertiary/aromatic N) is 4. The summed E-state index contributed by atoms with van der Waals surface area (Å²) < 4.78 is 4.90. The van der Waals surface area contributed by atoms with Crippen LogP contribution in [0.1, 0.15) is 0 Å². The van der Waals surface area contributed by atoms with Gasteiger partial charge in [0.05, 0.1) is 27.9 Å². The highest BCUT2D eigenvalue weighted by Crippen LogP contribution is 2.40. The molecule has 5 heteroatoms. The Labute approximate surface area is 257 Å². The first kappa shape index (κ1) is 24.9. The summed E-state index contributed by atoms with van der Waals surface area (Å²) in [6.45, 7) is 0. The normalized spacial score (nSPS) is 11.6. The van der Waals surface area contributed by atoms with Crippen LogP contribution in [-0.4, -0.2) is 19.5 Å². The second-order valence-corrected chi connectivity index (χ2v) is 12.0. The third kappa shape index (κ3) is 4.02. The van der Waals surface area contributed by atoms with E-state index in [1.807, 2.05) is 60.0 Å². The number of hydrogen-bond donors (Lipinski definition) is 0. The zero-order valence-corrected chi connectivity index (χ0v) is 24.4. The van der Waals surface area contributed by atoms with E-state index >= 15 is 0 Å². The Kier molecular flexibility index (Phi) is 5.64. The predicted molar refractivity (Wildman–Crippen MR) is 183 cm³/mol. The van der Waals surface area contributed by atoms with E-state index in [-0.39, 0.29) is 0 Å². The summed E-state index contributed by atoms with van der Waals surface area (Å²) in [6.07, 6.45) is 1.88. The predicted octanol–water partition coefficient (Wildman–Crippen LogP) is 10.3. The summed E-state index contributed by atoms with van der Waals surface area (Å²) in [6, 6.07) is 48.7. The molecule has 44 heavy (non-hydrogen) atoms. The molecule has 0 amide bonds. The van der Waals surface area contributed by atoms with Crippen molar-refractivity contribution in [3.63, 3.8) is 0 Å². The van der Waals surface area contributed by atoms with Gasteiger partial charge in [-0.3, -0.25) is 4.98 Å². The van der Waals surface area contributed by atoms with Crippen LogP contribution in [0.2, 0.25) is 0 Å². The van der Waals surface area contributed by atoms with Gasteiger partial charge in [-0.2, -0.15) is 0 Å². The lowest BCUT2D eigenvalue weighted by atomic mass is 10.1. The maximum Gasteiger partial charge on any atom is 0.160 e. The third-order valence-corrected chi connectivity index (χ3v) is 9.40. The first-order valence-corrected chi connectivity index (χ1v) is 15.4. The summed E-state index contributed by atoms with van der Waals surface area (Å²) in [4.78, 5) is 14.9. The van der Waals surface area contributed by atoms with Crippen LogP contribution in [0.4, 0.5) is 0 Å². The highest BCUT2D eigenvalue weighted by Gasteiger charge is 2.17. The maximum atomic E-state index is 5.02. The van der Waals surface area contributed by atoms with Crippen molar-refractivity contribution in [1.82, 2.24) is 19.5 Å². The van der Waals surface area contributed by atoms with Crippen molar-refractivity contribution in [3.05, 3.63) is 146 Å². The average molecular weight is 581 g/mol. The molecule has 0 spiro atoms. The largest absolute Gasteiger partial charge is 0.308 e. The quantitative estimate of drug-likeness (QED) is 0.208. The molecule has 0 fully saturated rings. The second kappa shape index (κ2) is 9.97. The first-order chi connectivity index (χ1) is 21.8. The van der Waals surface area contributed by atoms with Crippen LogP contribution in [0, 0.1) is 0 Å². The van der Waals surface area contributed by atoms with Gasteiger partial charge in [0.1, 0.15) is 0 Å². The summed E-state index contributed by atoms with van der Waals surface area (Å²) in [5, 5.41) is 3.73. The molecule has 0 unspecified atom stereocenters. The van der Waals surface area contributed by atoms with Gasteiger partial charge in [0.2, 0.25) is 0 Å². The fourth-order valence-corrected chi connectivity index (χ4v) is 7.30. The summed E-state index contributed by atoms with van der Waals surface area (Å²) in [5.74, 6) is 0.702. The molecule has 0 aliphatic heterocycles. The number of hydrogen-bond acceptors (Lipinski definition) is 4. The number of thiophene rings is 1. The molecule has 4 nitrogen and oxygen atoms in total. The van der Waals surface area contributed by atoms with Gasteiger partial charge in [0.15, 0.2) is 5.82 Å². The number of rotatable bonds is 4. The summed E-state index contributed by atoms with van der Waals surface area (Å²) in [7, 11) is 0. The lowest BCUT2D eigenvalue weighted by Crippen LogP contribution is -1.97. The monoisotopic (exact) mass is 580 g/mol. The highest BCUT2D eigenvalue weighted by molar-refractivity contribution is 7.25. The average Bonchev–Trinajstić information content (AvgIpc) is 3.62. The second-order valence-electron chi connectivity index (χ2n) is 10.9. The topological polar surface area (TPSA) is 43.6 Å². The van der Waals surface area contributed by atoms with E-state index in [1.165, 1.54) is 20.2 Å². The van der Waals surface area contributed by atoms with Crippen LogP contribution >= 0.6 is 11.3 Å². The fourth-order valence-electron chi connectivity index (χ4n) is 6.18. The standard InChI is InChI=1S/C39H24N4S/c1-3-10-25(11-4-1)32-23-33(26-12-5-2-6-13-26)42-39(41-32)27-17-19-28(20-18-27)43-34-15-9-21-40-38(34)31-22-30-29-14-7-8-16-36(29)44-37(30)24-35(31)43/h1-24H. The number of fused-ring (bicyclic) bond motifs is 6. The molecule has 0 bridgehead atoms. The van der Waals surface area contributed by atoms with E-state index in [0.717, 1.165) is 55.7 Å². The lowest BCUT2D eigenvalue weighted by Gasteiger charge is -2.11. The fraction of sp³-hybridized carbons (Fsp3) is 0. The maximum absolute atomic E-state index is 5.02. The Bertz CT molecular complexity index is 2420. The van der Waals surface area contributed by atoms with Gasteiger partial charge < -0.3 is 4.57 Å². The minimum absolute atomic E-state index is 0.702. The molecule has 4 heterocycles. The van der Waals surface area contributed by atoms with Crippen LogP contribution in [0.3, 0.4) is 0 Å². The molecular weight excluding hydrogens is 557 g/mol. The van der Waals surface area contributed by atoms with E-state index in [2.05, 4.69) is 102 Å². The van der Waals surface area contributed by atoms with E-state index in [0.29, 0.717) is 5.82 Å². The molecule has 0 radical (unpaired) electrons. The molecule has 9 aromatic rings. The molecule has 9 rings (SSSR count). The molecule has 0 N–H and O–H groups in total. The van der Waals surface area contributed by atoms with Crippen molar-refractivity contribution in [3.8, 4) is 39.6 Å². The molecule has 206 valence electrons. The molecule has 4 aromatic heterocycles. The Balaban J connectivity index is 1.21. The lowest BCUT2D eigenvalue weighted by molar-refractivity contribution is 1.16. The minimum Gasteiger partial charge on any atom is -0.308 e. The molecule has 5 aromatic carbocycles. The van der Waals surface area contributed by atoms with E-state index in [9.17, 15) is 0 Å². The Morgan fingerprint density at radius 1 is 0.477 bits per heavy atom. The molecular formula is C39H24N4S. The van der Waals surface area contributed by atoms with Gasteiger partial charge in [-0.05, 0) is 60.7 Å². The van der Waals surface area contributed by atoms with Crippen molar-refractivity contribution in [2.75, 3.05) is 0 Å². The van der Waals surface area contributed by atoms with Crippen LogP contribution < -0.4 is 0 Å². The zero-order valence-electron chi connectivity index (χ0n) is 23.6. The van der Waals surface area contributed by atoms with Gasteiger partial charge in [-0.1, -0.05) is 78.9 Å². The van der Waals surface area contributed by atoms with Crippen LogP contribution in [0.15, 0.2) is 146 Å². The van der Waals surface area contributed by atoms with Gasteiger partial charge in [-0.15, -0.1) is 11.3 Å². The van der Waals surface area contributed by atoms with Crippen LogP contribution in [0.5, 0.6) is 0 Å². The van der Waals surface area contributed by atoms with Crippen molar-refractivity contribution >= 4 is 53.4 Å². The molecule has 0 saturated carbocycles. The van der Waals surface area contributed by atoms with Crippen molar-refractivity contribution < 1.29 is 0 Å². The van der Waals surface area contributed by atoms with Crippen LogP contribution in [0.25, 0.3) is 81.7 Å². The molecule has 0 aliphatic carbocycles. The Morgan fingerprint density at radius 2 is 1.16 bits per heavy atom. The van der Waals surface area contributed by atoms with E-state index < -0.39 is 0 Å². The van der Waals surface area contributed by atoms with Crippen molar-refractivity contribution in [2.45, 2.75) is 0 Å². The van der Waals surface area contributed by atoms with Crippen molar-refractivity contribution in [2.24, 2.45) is 0 Å². The van der Waals surface area contributed by atoms with Gasteiger partial charge in [-0.25, -0.2) is 9.97 Å². The molecule has 0 aliphatic rings. The molecule has 0 saturated heterocycles. The first-order valence-electron chi connectivity index (χ1n) is 14.6. The highest BCUT2D eigenvalue weighted by atomic mass is 32.1. The summed E-state index contributed by atoms with van der Waals surface area (Å²) >= 11 is 1.84. The summed E-state index contributed by atoms with van der Waals surface area (Å²) in [5.41, 5.74) is 9.23. The van der Waals surface area contributed by atoms with Crippen molar-refractivity contribution in [1.29, 1.82) is 0 Å². The number of benzene rings is 5. The minimum atomic E-state index is 0.702. The Hall–Kier alpha value is -5.65. The Morgan fingerprint density at radius 3 is 1.89 bits per heavy atom. The van der Waals surface area contributed by atoms with Crippen LogP contribution in [-0.2, 0) is 0 Å². The zero-order chi connectivity index (χ0) is 29.0.